The van der Waals surface area contributed by atoms with Crippen molar-refractivity contribution in [1.82, 2.24) is 0 Å². The molecule has 0 bridgehead atoms. The van der Waals surface area contributed by atoms with Crippen molar-refractivity contribution in [2.45, 2.75) is 25.7 Å². The van der Waals surface area contributed by atoms with E-state index < -0.39 is 0 Å². The number of hydrogen-bond donors (Lipinski definition) is 2. The molecule has 2 heterocycles. The van der Waals surface area contributed by atoms with Gasteiger partial charge in [-0.3, -0.25) is 5.41 Å². The Morgan fingerprint density at radius 3 is 0.988 bits per heavy atom. The summed E-state index contributed by atoms with van der Waals surface area (Å²) < 4.78 is 4.57. The Hall–Kier alpha value is -9.51. The van der Waals surface area contributed by atoms with Gasteiger partial charge in [0.2, 0.25) is 0 Å². The molecule has 0 fully saturated rings. The maximum atomic E-state index is 9.85. The van der Waals surface area contributed by atoms with Gasteiger partial charge in [0.25, 0.3) is 0 Å². The molecule has 1 N–H and O–H groups in total. The third-order valence-corrected chi connectivity index (χ3v) is 17.5. The minimum Gasteiger partial charge on any atom is -0.311 e. The third-order valence-electron chi connectivity index (χ3n) is 15.0. The Balaban J connectivity index is 0.892. The molecule has 0 aliphatic heterocycles. The SMILES string of the molecule is N=C1C(c2ccc(-c3cc(N(c4ccccc4)c4ccccc4)cc(N(c4ccccc4)c4ccccc4)c3)s2)=CC=C(c2ccc(-c3cc(N(C4=CCCC=C4)c4ccccc4)cc(N(C4=CCCC=C4)c4ccccc4)c3)s2)C1=NS. The molecule has 8 aromatic carbocycles. The largest absolute Gasteiger partial charge is 0.311 e. The van der Waals surface area contributed by atoms with Crippen LogP contribution in [0.15, 0.2) is 307 Å². The van der Waals surface area contributed by atoms with E-state index in [4.69, 9.17) is 0 Å². The summed E-state index contributed by atoms with van der Waals surface area (Å²) >= 11 is 7.98. The number of hydrogen-bond acceptors (Lipinski definition) is 9. The molecular weight excluding hydrogens is 1070 g/mol. The topological polar surface area (TPSA) is 49.2 Å². The number of thiol groups is 1. The van der Waals surface area contributed by atoms with Crippen molar-refractivity contribution in [3.05, 3.63) is 312 Å². The molecule has 0 unspecified atom stereocenters. The molecule has 0 amide bonds. The Labute approximate surface area is 500 Å². The summed E-state index contributed by atoms with van der Waals surface area (Å²) in [6.45, 7) is 0. The predicted octanol–water partition coefficient (Wildman–Crippen LogP) is 21.6. The first-order valence-corrected chi connectivity index (χ1v) is 30.1. The lowest BCUT2D eigenvalue weighted by molar-refractivity contribution is 0.993. The van der Waals surface area contributed by atoms with E-state index in [-0.39, 0.29) is 0 Å². The highest BCUT2D eigenvalue weighted by atomic mass is 32.1. The number of thiophene rings is 2. The van der Waals surface area contributed by atoms with Crippen LogP contribution in [0.4, 0.5) is 56.9 Å². The van der Waals surface area contributed by atoms with Crippen LogP contribution in [0.25, 0.3) is 32.0 Å². The summed E-state index contributed by atoms with van der Waals surface area (Å²) in [5.41, 5.74) is 17.5. The Bertz CT molecular complexity index is 3900. The van der Waals surface area contributed by atoms with E-state index in [1.54, 1.807) is 22.7 Å². The van der Waals surface area contributed by atoms with Crippen LogP contribution in [0.2, 0.25) is 0 Å². The maximum absolute atomic E-state index is 9.85. The van der Waals surface area contributed by atoms with Crippen LogP contribution in [-0.4, -0.2) is 11.4 Å². The number of nitrogens with zero attached hydrogens (tertiary/aromatic N) is 5. The van der Waals surface area contributed by atoms with Gasteiger partial charge in [0.05, 0.1) is 5.71 Å². The van der Waals surface area contributed by atoms with Gasteiger partial charge in [0.15, 0.2) is 0 Å². The molecule has 3 aliphatic rings. The Morgan fingerprint density at radius 2 is 0.651 bits per heavy atom. The van der Waals surface area contributed by atoms with Gasteiger partial charge in [0, 0.05) is 98.9 Å². The molecule has 402 valence electrons. The molecule has 0 saturated heterocycles. The van der Waals surface area contributed by atoms with Crippen LogP contribution in [0.5, 0.6) is 0 Å². The van der Waals surface area contributed by atoms with Crippen molar-refractivity contribution in [1.29, 1.82) is 5.41 Å². The normalized spacial score (nSPS) is 14.4. The van der Waals surface area contributed by atoms with Crippen LogP contribution in [0.3, 0.4) is 0 Å². The smallest absolute Gasteiger partial charge is 0.105 e. The number of anilines is 10. The van der Waals surface area contributed by atoms with Crippen LogP contribution in [-0.2, 0) is 0 Å². The first-order chi connectivity index (χ1) is 41.0. The highest BCUT2D eigenvalue weighted by molar-refractivity contribution is 7.79. The molecule has 0 atom stereocenters. The highest BCUT2D eigenvalue weighted by Crippen LogP contribution is 2.47. The molecule has 3 aliphatic carbocycles. The minimum atomic E-state index is 0.331. The molecule has 0 spiro atoms. The Morgan fingerprint density at radius 1 is 0.337 bits per heavy atom. The lowest BCUT2D eigenvalue weighted by Crippen LogP contribution is -2.19. The number of nitrogens with one attached hydrogen (secondary N) is 1. The van der Waals surface area contributed by atoms with Gasteiger partial charge in [-0.1, -0.05) is 146 Å². The molecule has 0 radical (unpaired) electrons. The molecule has 2 aromatic heterocycles. The van der Waals surface area contributed by atoms with Crippen molar-refractivity contribution >= 4 is 115 Å². The number of allylic oxidation sites excluding steroid dienone is 10. The van der Waals surface area contributed by atoms with E-state index >= 15 is 0 Å². The van der Waals surface area contributed by atoms with Crippen molar-refractivity contribution in [3.8, 4) is 20.9 Å². The molecule has 10 aromatic rings. The van der Waals surface area contributed by atoms with E-state index in [2.05, 4.69) is 328 Å². The summed E-state index contributed by atoms with van der Waals surface area (Å²) in [5.74, 6) is 0. The fourth-order valence-electron chi connectivity index (χ4n) is 11.1. The van der Waals surface area contributed by atoms with E-state index in [0.29, 0.717) is 11.4 Å². The van der Waals surface area contributed by atoms with Gasteiger partial charge in [-0.2, -0.15) is 0 Å². The molecule has 6 nitrogen and oxygen atoms in total. The molecule has 13 rings (SSSR count). The highest BCUT2D eigenvalue weighted by Gasteiger charge is 2.27. The maximum Gasteiger partial charge on any atom is 0.105 e. The second-order valence-corrected chi connectivity index (χ2v) is 22.7. The number of para-hydroxylation sites is 6. The summed E-state index contributed by atoms with van der Waals surface area (Å²) in [5, 5.41) is 9.85. The van der Waals surface area contributed by atoms with Gasteiger partial charge in [-0.05, 0) is 195 Å². The first-order valence-electron chi connectivity index (χ1n) is 28.0. The second kappa shape index (κ2) is 24.3. The van der Waals surface area contributed by atoms with Crippen LogP contribution < -0.4 is 19.6 Å². The second-order valence-electron chi connectivity index (χ2n) is 20.4. The van der Waals surface area contributed by atoms with E-state index in [9.17, 15) is 5.41 Å². The zero-order valence-electron chi connectivity index (χ0n) is 45.5. The van der Waals surface area contributed by atoms with Crippen LogP contribution in [0, 0.1) is 5.41 Å². The lowest BCUT2D eigenvalue weighted by atomic mass is 9.92. The summed E-state index contributed by atoms with van der Waals surface area (Å²) in [4.78, 5) is 13.6. The van der Waals surface area contributed by atoms with Gasteiger partial charge >= 0.3 is 0 Å². The average Bonchev–Trinajstić information content (AvgIpc) is 4.46. The van der Waals surface area contributed by atoms with Gasteiger partial charge in [-0.25, -0.2) is 4.40 Å². The lowest BCUT2D eigenvalue weighted by Gasteiger charge is -2.32. The minimum absolute atomic E-state index is 0.331. The molecule has 83 heavy (non-hydrogen) atoms. The fraction of sp³-hybridized carbons (Fsp3) is 0.0541. The van der Waals surface area contributed by atoms with Gasteiger partial charge in [-0.15, -0.1) is 22.7 Å². The predicted molar refractivity (Wildman–Crippen MR) is 359 cm³/mol. The standard InChI is InChI=1S/C74H58N6S3/c75-73-67(71-45-43-69(82-71)53-47-63(77(55-25-9-1-10-26-55)56-27-11-2-12-28-56)51-64(48-53)78(57-29-13-3-14-30-57)58-31-15-4-16-32-58)41-42-68(74(73)76-81)72-46-44-70(83-72)54-49-65(79(59-33-17-5-18-34-59)60-35-19-6-20-36-60)52-66(50-54)80(61-37-21-7-22-38-61)62-39-23-8-24-40-62/h1-5,7,9-19,21-23,25-52,75,81H,6,8,20,24H2. The van der Waals surface area contributed by atoms with Crippen molar-refractivity contribution in [2.75, 3.05) is 19.6 Å². The summed E-state index contributed by atoms with van der Waals surface area (Å²) in [7, 11) is 0. The molecular formula is C74H58N6S3. The summed E-state index contributed by atoms with van der Waals surface area (Å²) in [6, 6.07) is 86.1. The van der Waals surface area contributed by atoms with Gasteiger partial charge in [0.1, 0.15) is 5.71 Å². The fourth-order valence-corrected chi connectivity index (χ4v) is 13.4. The number of rotatable bonds is 16. The zero-order chi connectivity index (χ0) is 55.9. The van der Waals surface area contributed by atoms with E-state index in [1.165, 1.54) is 0 Å². The van der Waals surface area contributed by atoms with Crippen molar-refractivity contribution < 1.29 is 0 Å². The van der Waals surface area contributed by atoms with Crippen molar-refractivity contribution in [3.63, 3.8) is 0 Å². The van der Waals surface area contributed by atoms with E-state index in [0.717, 1.165) is 136 Å². The average molecular weight is 1130 g/mol. The van der Waals surface area contributed by atoms with Crippen LogP contribution >= 0.6 is 35.5 Å². The van der Waals surface area contributed by atoms with E-state index in [1.807, 2.05) is 0 Å². The number of benzene rings is 8. The quantitative estimate of drug-likeness (QED) is 0.0748. The summed E-state index contributed by atoms with van der Waals surface area (Å²) in [6.07, 6.45) is 22.0. The monoisotopic (exact) mass is 1130 g/mol. The third kappa shape index (κ3) is 11.2. The first kappa shape index (κ1) is 52.8. The van der Waals surface area contributed by atoms with Gasteiger partial charge < -0.3 is 19.6 Å². The van der Waals surface area contributed by atoms with Crippen LogP contribution in [0.1, 0.15) is 35.4 Å². The zero-order valence-corrected chi connectivity index (χ0v) is 48.1. The molecule has 0 saturated carbocycles. The molecule has 9 heteroatoms. The Kier molecular flexibility index (Phi) is 15.5. The van der Waals surface area contributed by atoms with Crippen molar-refractivity contribution in [2.24, 2.45) is 4.40 Å².